The first kappa shape index (κ1) is 19.6. The number of ether oxygens (including phenoxy) is 1. The van der Waals surface area contributed by atoms with Crippen LogP contribution < -0.4 is 20.6 Å². The Bertz CT molecular complexity index is 1180. The lowest BCUT2D eigenvalue weighted by atomic mass is 10.1. The normalized spacial score (nSPS) is 17.0. The molecule has 1 fully saturated rings. The largest absolute Gasteiger partial charge is 0.488 e. The molecule has 160 valence electrons. The van der Waals surface area contributed by atoms with E-state index < -0.39 is 0 Å². The van der Waals surface area contributed by atoms with Gasteiger partial charge in [0.05, 0.1) is 36.6 Å². The van der Waals surface area contributed by atoms with Crippen molar-refractivity contribution in [3.8, 4) is 11.4 Å². The van der Waals surface area contributed by atoms with Gasteiger partial charge in [-0.15, -0.1) is 0 Å². The number of nitrogens with one attached hydrogen (secondary N) is 1. The number of hydrogen-bond acceptors (Lipinski definition) is 6. The van der Waals surface area contributed by atoms with Crippen molar-refractivity contribution in [1.82, 2.24) is 25.0 Å². The van der Waals surface area contributed by atoms with E-state index in [4.69, 9.17) is 4.74 Å². The Morgan fingerprint density at radius 2 is 1.97 bits per heavy atom. The minimum absolute atomic E-state index is 0.230. The summed E-state index contributed by atoms with van der Waals surface area (Å²) in [6, 6.07) is 9.86. The number of nitrogens with zero attached hydrogens (tertiary/aromatic N) is 5. The Kier molecular flexibility index (Phi) is 4.86. The van der Waals surface area contributed by atoms with Gasteiger partial charge in [0.1, 0.15) is 5.69 Å². The Balaban J connectivity index is 1.55. The summed E-state index contributed by atoms with van der Waals surface area (Å²) in [5.41, 5.74) is 6.19. The molecule has 1 aromatic carbocycles. The van der Waals surface area contributed by atoms with Crippen molar-refractivity contribution < 1.29 is 4.74 Å². The molecule has 3 heterocycles. The average molecular weight is 419 g/mol. The van der Waals surface area contributed by atoms with Gasteiger partial charge in [0.2, 0.25) is 0 Å². The predicted octanol–water partition coefficient (Wildman–Crippen LogP) is 2.99. The van der Waals surface area contributed by atoms with Crippen molar-refractivity contribution in [3.05, 3.63) is 70.9 Å². The molecule has 0 amide bonds. The molecular weight excluding hydrogens is 392 g/mol. The van der Waals surface area contributed by atoms with Crippen LogP contribution in [0.5, 0.6) is 5.75 Å². The van der Waals surface area contributed by atoms with Crippen LogP contribution in [0.15, 0.2) is 59.8 Å². The molecule has 0 unspecified atom stereocenters. The number of hydrogen-bond donors (Lipinski definition) is 1. The van der Waals surface area contributed by atoms with Crippen LogP contribution in [0.25, 0.3) is 11.4 Å². The van der Waals surface area contributed by atoms with Gasteiger partial charge in [0, 0.05) is 13.1 Å². The molecule has 8 nitrogen and oxygen atoms in total. The molecule has 8 heteroatoms. The summed E-state index contributed by atoms with van der Waals surface area (Å²) in [5, 5.41) is 11.1. The Morgan fingerprint density at radius 1 is 1.16 bits per heavy atom. The van der Waals surface area contributed by atoms with Gasteiger partial charge in [-0.2, -0.15) is 10.2 Å². The fraction of sp³-hybridized carbons (Fsp3) is 0.348. The first-order chi connectivity index (χ1) is 15.1. The first-order valence-corrected chi connectivity index (χ1v) is 10.7. The molecule has 0 saturated heterocycles. The molecule has 0 atom stereocenters. The van der Waals surface area contributed by atoms with Crippen LogP contribution in [0.4, 0.5) is 5.69 Å². The van der Waals surface area contributed by atoms with Gasteiger partial charge < -0.3 is 4.74 Å². The molecule has 5 rings (SSSR count). The molecule has 2 aromatic heterocycles. The fourth-order valence-corrected chi connectivity index (χ4v) is 3.77. The van der Waals surface area contributed by atoms with Crippen LogP contribution in [0.3, 0.4) is 0 Å². The van der Waals surface area contributed by atoms with Crippen LogP contribution in [-0.2, 0) is 6.54 Å². The molecular formula is C23H26N6O2. The number of anilines is 1. The molecule has 1 aliphatic heterocycles. The maximum atomic E-state index is 13.2. The van der Waals surface area contributed by atoms with Crippen LogP contribution in [0, 0.1) is 5.41 Å². The minimum Gasteiger partial charge on any atom is -0.488 e. The van der Waals surface area contributed by atoms with E-state index in [1.165, 1.54) is 12.8 Å². The molecule has 1 aliphatic carbocycles. The summed E-state index contributed by atoms with van der Waals surface area (Å²) in [6.45, 7) is 6.03. The van der Waals surface area contributed by atoms with Gasteiger partial charge >= 0.3 is 0 Å². The second kappa shape index (κ2) is 7.70. The molecule has 1 saturated carbocycles. The Morgan fingerprint density at radius 3 is 2.71 bits per heavy atom. The van der Waals surface area contributed by atoms with E-state index in [1.54, 1.807) is 17.1 Å². The highest BCUT2D eigenvalue weighted by Crippen LogP contribution is 2.46. The smallest absolute Gasteiger partial charge is 0.251 e. The third-order valence-corrected chi connectivity index (χ3v) is 5.76. The van der Waals surface area contributed by atoms with Crippen LogP contribution in [0.1, 0.15) is 32.4 Å². The number of hydrazine groups is 1. The van der Waals surface area contributed by atoms with Crippen molar-refractivity contribution in [1.29, 1.82) is 0 Å². The van der Waals surface area contributed by atoms with Gasteiger partial charge in [-0.3, -0.25) is 14.5 Å². The summed E-state index contributed by atoms with van der Waals surface area (Å²) in [6.07, 6.45) is 9.82. The lowest BCUT2D eigenvalue weighted by Crippen LogP contribution is -2.33. The van der Waals surface area contributed by atoms with Crippen LogP contribution in [0.2, 0.25) is 0 Å². The summed E-state index contributed by atoms with van der Waals surface area (Å²) >= 11 is 0. The van der Waals surface area contributed by atoms with Gasteiger partial charge in [0.15, 0.2) is 11.4 Å². The topological polar surface area (TPSA) is 77.2 Å². The van der Waals surface area contributed by atoms with E-state index in [0.717, 1.165) is 17.9 Å². The van der Waals surface area contributed by atoms with E-state index in [2.05, 4.69) is 22.5 Å². The minimum atomic E-state index is -0.230. The molecule has 3 aromatic rings. The van der Waals surface area contributed by atoms with Gasteiger partial charge in [-0.05, 0) is 43.4 Å². The van der Waals surface area contributed by atoms with Crippen molar-refractivity contribution in [2.75, 3.05) is 18.2 Å². The zero-order chi connectivity index (χ0) is 21.4. The van der Waals surface area contributed by atoms with Crippen molar-refractivity contribution >= 4 is 11.4 Å². The van der Waals surface area contributed by atoms with Crippen molar-refractivity contribution in [3.63, 3.8) is 0 Å². The highest BCUT2D eigenvalue weighted by atomic mass is 16.5. The zero-order valence-electron chi connectivity index (χ0n) is 17.8. The number of para-hydroxylation sites is 1. The highest BCUT2D eigenvalue weighted by Gasteiger charge is 2.37. The molecule has 31 heavy (non-hydrogen) atoms. The number of rotatable bonds is 7. The molecule has 2 aliphatic rings. The molecule has 0 bridgehead atoms. The van der Waals surface area contributed by atoms with Crippen LogP contribution >= 0.6 is 0 Å². The Hall–Kier alpha value is -3.39. The monoisotopic (exact) mass is 418 g/mol. The predicted molar refractivity (Wildman–Crippen MR) is 119 cm³/mol. The van der Waals surface area contributed by atoms with Crippen molar-refractivity contribution in [2.24, 2.45) is 5.41 Å². The summed E-state index contributed by atoms with van der Waals surface area (Å²) in [5.74, 6) is 0.273. The van der Waals surface area contributed by atoms with Gasteiger partial charge in [-0.1, -0.05) is 25.1 Å². The van der Waals surface area contributed by atoms with E-state index >= 15 is 0 Å². The number of aromatic nitrogens is 4. The maximum Gasteiger partial charge on any atom is 0.251 e. The lowest BCUT2D eigenvalue weighted by molar-refractivity contribution is 0.333. The second-order valence-corrected chi connectivity index (χ2v) is 8.38. The number of benzene rings is 1. The maximum absolute atomic E-state index is 13.2. The summed E-state index contributed by atoms with van der Waals surface area (Å²) in [4.78, 5) is 13.2. The zero-order valence-corrected chi connectivity index (χ0v) is 17.8. The molecule has 0 spiro atoms. The summed E-state index contributed by atoms with van der Waals surface area (Å²) in [7, 11) is 0. The molecule has 1 N–H and O–H groups in total. The lowest BCUT2D eigenvalue weighted by Gasteiger charge is -2.22. The fourth-order valence-electron chi connectivity index (χ4n) is 3.77. The third kappa shape index (κ3) is 3.86. The quantitative estimate of drug-likeness (QED) is 0.636. The first-order valence-electron chi connectivity index (χ1n) is 10.7. The summed E-state index contributed by atoms with van der Waals surface area (Å²) < 4.78 is 9.31. The van der Waals surface area contributed by atoms with Gasteiger partial charge in [0.25, 0.3) is 5.43 Å². The van der Waals surface area contributed by atoms with E-state index in [0.29, 0.717) is 30.0 Å². The highest BCUT2D eigenvalue weighted by molar-refractivity contribution is 5.79. The second-order valence-electron chi connectivity index (χ2n) is 8.38. The molecule has 0 radical (unpaired) electrons. The Labute approximate surface area is 180 Å². The van der Waals surface area contributed by atoms with Crippen LogP contribution in [-0.4, -0.2) is 32.7 Å². The SMILES string of the molecule is CCOc1cn(-c2cnn(CC3(C)CC3)c2)nc(C2=CCNN2c2ccccc2)c1=O. The van der Waals surface area contributed by atoms with Gasteiger partial charge in [-0.25, -0.2) is 10.1 Å². The van der Waals surface area contributed by atoms with E-state index in [-0.39, 0.29) is 11.2 Å². The standard InChI is InChI=1S/C23H26N6O2/c1-3-31-20-15-28(18-13-25-27(14-18)16-23(2)10-11-23)26-21(22(20)30)19-9-12-24-29(19)17-7-5-4-6-8-17/h4-9,13-15,24H,3,10-12,16H2,1-2H3. The average Bonchev–Trinajstić information content (AvgIpc) is 3.16. The van der Waals surface area contributed by atoms with Crippen molar-refractivity contribution in [2.45, 2.75) is 33.2 Å². The third-order valence-electron chi connectivity index (χ3n) is 5.76. The van der Waals surface area contributed by atoms with E-state index in [1.807, 2.05) is 59.2 Å². The van der Waals surface area contributed by atoms with E-state index in [9.17, 15) is 4.79 Å².